The fourth-order valence-corrected chi connectivity index (χ4v) is 4.21. The van der Waals surface area contributed by atoms with Gasteiger partial charge in [0, 0.05) is 55.3 Å². The molecule has 39 heavy (non-hydrogen) atoms. The molecule has 0 N–H and O–H groups in total. The number of nitro groups is 1. The number of aromatic nitrogens is 1. The number of non-ortho nitro benzene ring substituents is 1. The van der Waals surface area contributed by atoms with E-state index < -0.39 is 16.4 Å². The molecule has 0 aliphatic heterocycles. The van der Waals surface area contributed by atoms with Crippen molar-refractivity contribution in [3.05, 3.63) is 93.8 Å². The minimum absolute atomic E-state index is 0.141. The van der Waals surface area contributed by atoms with Crippen LogP contribution in [0.15, 0.2) is 66.9 Å². The van der Waals surface area contributed by atoms with Crippen LogP contribution in [0.4, 0.5) is 5.69 Å². The Morgan fingerprint density at radius 3 is 2.44 bits per heavy atom. The van der Waals surface area contributed by atoms with Crippen molar-refractivity contribution in [1.82, 2.24) is 14.4 Å². The van der Waals surface area contributed by atoms with Crippen molar-refractivity contribution in [3.63, 3.8) is 0 Å². The zero-order chi connectivity index (χ0) is 28.6. The summed E-state index contributed by atoms with van der Waals surface area (Å²) in [4.78, 5) is 40.8. The van der Waals surface area contributed by atoms with Crippen molar-refractivity contribution in [3.8, 4) is 5.75 Å². The van der Waals surface area contributed by atoms with E-state index in [-0.39, 0.29) is 36.9 Å². The normalized spacial score (nSPS) is 11.2. The Bertz CT molecular complexity index is 1300. The first-order chi connectivity index (χ1) is 18.5. The number of benzene rings is 2. The molecular weight excluding hydrogens is 500 g/mol. The average molecular weight is 537 g/mol. The van der Waals surface area contributed by atoms with Gasteiger partial charge < -0.3 is 23.8 Å². The van der Waals surface area contributed by atoms with Crippen molar-refractivity contribution in [1.29, 1.82) is 0 Å². The molecule has 0 saturated carbocycles. The molecule has 0 aliphatic carbocycles. The topological polar surface area (TPSA) is 107 Å². The number of nitrogens with zero attached hydrogens (tertiary/aromatic N) is 4. The van der Waals surface area contributed by atoms with Gasteiger partial charge in [-0.15, -0.1) is 0 Å². The molecule has 1 aromatic heterocycles. The van der Waals surface area contributed by atoms with E-state index in [0.29, 0.717) is 13.1 Å². The smallest absolute Gasteiger partial charge is 0.270 e. The predicted octanol–water partition coefficient (Wildman–Crippen LogP) is 4.37. The van der Waals surface area contributed by atoms with Crippen LogP contribution >= 0.6 is 0 Å². The fraction of sp³-hybridized carbons (Fsp3) is 0.379. The minimum Gasteiger partial charge on any atom is -0.497 e. The van der Waals surface area contributed by atoms with Crippen LogP contribution in [0.25, 0.3) is 0 Å². The molecule has 0 atom stereocenters. The van der Waals surface area contributed by atoms with E-state index in [9.17, 15) is 19.7 Å². The zero-order valence-electron chi connectivity index (χ0n) is 23.1. The van der Waals surface area contributed by atoms with Crippen molar-refractivity contribution in [2.24, 2.45) is 0 Å². The first-order valence-corrected chi connectivity index (χ1v) is 12.6. The summed E-state index contributed by atoms with van der Waals surface area (Å²) in [6.45, 7) is 6.96. The first kappa shape index (κ1) is 29.4. The molecule has 0 spiro atoms. The number of hydrogen-bond donors (Lipinski definition) is 0. The molecule has 1 heterocycles. The third-order valence-corrected chi connectivity index (χ3v) is 6.32. The number of methoxy groups -OCH3 is 2. The second-order valence-electron chi connectivity index (χ2n) is 10.2. The first-order valence-electron chi connectivity index (χ1n) is 12.6. The summed E-state index contributed by atoms with van der Waals surface area (Å²) in [5, 5.41) is 11.2. The lowest BCUT2D eigenvalue weighted by molar-refractivity contribution is -0.384. The molecular formula is C29H36N4O6. The van der Waals surface area contributed by atoms with Crippen LogP contribution in [-0.4, -0.2) is 70.6 Å². The third kappa shape index (κ3) is 7.90. The van der Waals surface area contributed by atoms with Crippen molar-refractivity contribution < 1.29 is 24.0 Å². The van der Waals surface area contributed by atoms with Crippen LogP contribution in [0, 0.1) is 10.1 Å². The number of amides is 2. The standard InChI is InChI=1S/C29H36N4O6/c1-29(2,3)32(20-25-12-8-14-30(25)19-22-9-6-13-26(17-22)39-5)27(34)21-31(15-16-38-4)28(35)23-10-7-11-24(18-23)33(36)37/h6-14,17-18H,15-16,19-21H2,1-5H3. The molecule has 0 aliphatic rings. The summed E-state index contributed by atoms with van der Waals surface area (Å²) in [6, 6.07) is 17.3. The highest BCUT2D eigenvalue weighted by molar-refractivity contribution is 5.97. The fourth-order valence-electron chi connectivity index (χ4n) is 4.21. The van der Waals surface area contributed by atoms with Gasteiger partial charge in [0.25, 0.3) is 11.6 Å². The van der Waals surface area contributed by atoms with Crippen LogP contribution < -0.4 is 4.74 Å². The molecule has 2 aromatic carbocycles. The number of carbonyl (C=O) groups excluding carboxylic acids is 2. The zero-order valence-corrected chi connectivity index (χ0v) is 23.1. The lowest BCUT2D eigenvalue weighted by Crippen LogP contribution is -2.50. The quantitative estimate of drug-likeness (QED) is 0.251. The van der Waals surface area contributed by atoms with E-state index in [4.69, 9.17) is 9.47 Å². The highest BCUT2D eigenvalue weighted by atomic mass is 16.6. The van der Waals surface area contributed by atoms with E-state index in [0.717, 1.165) is 17.0 Å². The van der Waals surface area contributed by atoms with Gasteiger partial charge in [0.15, 0.2) is 0 Å². The number of carbonyl (C=O) groups is 2. The summed E-state index contributed by atoms with van der Waals surface area (Å²) in [7, 11) is 3.14. The summed E-state index contributed by atoms with van der Waals surface area (Å²) in [5.41, 5.74) is 1.42. The van der Waals surface area contributed by atoms with Crippen molar-refractivity contribution in [2.45, 2.75) is 39.4 Å². The van der Waals surface area contributed by atoms with E-state index in [1.807, 2.05) is 63.4 Å². The van der Waals surface area contributed by atoms with Crippen LogP contribution in [0.3, 0.4) is 0 Å². The molecule has 3 rings (SSSR count). The van der Waals surface area contributed by atoms with Gasteiger partial charge >= 0.3 is 0 Å². The second kappa shape index (κ2) is 13.1. The Labute approximate surface area is 228 Å². The van der Waals surface area contributed by atoms with Gasteiger partial charge in [-0.2, -0.15) is 0 Å². The molecule has 0 fully saturated rings. The largest absolute Gasteiger partial charge is 0.497 e. The van der Waals surface area contributed by atoms with E-state index in [1.54, 1.807) is 12.0 Å². The molecule has 0 bridgehead atoms. The second-order valence-corrected chi connectivity index (χ2v) is 10.2. The van der Waals surface area contributed by atoms with E-state index >= 15 is 0 Å². The maximum absolute atomic E-state index is 13.7. The van der Waals surface area contributed by atoms with Gasteiger partial charge in [0.1, 0.15) is 12.3 Å². The minimum atomic E-state index is -0.552. The lowest BCUT2D eigenvalue weighted by atomic mass is 10.0. The van der Waals surface area contributed by atoms with Crippen LogP contribution in [0.1, 0.15) is 42.4 Å². The monoisotopic (exact) mass is 536 g/mol. The Kier molecular flexibility index (Phi) is 9.84. The van der Waals surface area contributed by atoms with Crippen LogP contribution in [0.2, 0.25) is 0 Å². The Morgan fingerprint density at radius 2 is 1.77 bits per heavy atom. The van der Waals surface area contributed by atoms with Gasteiger partial charge in [-0.25, -0.2) is 0 Å². The highest BCUT2D eigenvalue weighted by Crippen LogP contribution is 2.21. The van der Waals surface area contributed by atoms with Crippen molar-refractivity contribution >= 4 is 17.5 Å². The summed E-state index contributed by atoms with van der Waals surface area (Å²) < 4.78 is 12.6. The van der Waals surface area contributed by atoms with Gasteiger partial charge in [-0.05, 0) is 56.7 Å². The maximum Gasteiger partial charge on any atom is 0.270 e. The summed E-state index contributed by atoms with van der Waals surface area (Å²) in [5.74, 6) is 0.0585. The Balaban J connectivity index is 1.82. The number of rotatable bonds is 12. The molecule has 3 aromatic rings. The molecule has 10 heteroatoms. The number of ether oxygens (including phenoxy) is 2. The summed E-state index contributed by atoms with van der Waals surface area (Å²) >= 11 is 0. The molecule has 0 saturated heterocycles. The molecule has 0 unspecified atom stereocenters. The third-order valence-electron chi connectivity index (χ3n) is 6.32. The van der Waals surface area contributed by atoms with Gasteiger partial charge in [-0.3, -0.25) is 19.7 Å². The van der Waals surface area contributed by atoms with Gasteiger partial charge in [-0.1, -0.05) is 18.2 Å². The number of hydrogen-bond acceptors (Lipinski definition) is 6. The van der Waals surface area contributed by atoms with Crippen molar-refractivity contribution in [2.75, 3.05) is 33.9 Å². The molecule has 208 valence electrons. The summed E-state index contributed by atoms with van der Waals surface area (Å²) in [6.07, 6.45) is 1.97. The Morgan fingerprint density at radius 1 is 1.03 bits per heavy atom. The van der Waals surface area contributed by atoms with E-state index in [1.165, 1.54) is 36.3 Å². The molecule has 0 radical (unpaired) electrons. The molecule has 2 amide bonds. The lowest BCUT2D eigenvalue weighted by Gasteiger charge is -2.37. The average Bonchev–Trinajstić information content (AvgIpc) is 3.35. The highest BCUT2D eigenvalue weighted by Gasteiger charge is 2.30. The Hall–Kier alpha value is -4.18. The number of nitro benzene ring substituents is 1. The maximum atomic E-state index is 13.7. The SMILES string of the molecule is COCCN(CC(=O)N(Cc1cccn1Cc1cccc(OC)c1)C(C)(C)C)C(=O)c1cccc([N+](=O)[O-])c1. The van der Waals surface area contributed by atoms with Crippen LogP contribution in [-0.2, 0) is 22.6 Å². The van der Waals surface area contributed by atoms with Gasteiger partial charge in [0.2, 0.25) is 5.91 Å². The molecule has 10 nitrogen and oxygen atoms in total. The predicted molar refractivity (Wildman–Crippen MR) is 148 cm³/mol. The van der Waals surface area contributed by atoms with E-state index in [2.05, 4.69) is 4.57 Å². The van der Waals surface area contributed by atoms with Gasteiger partial charge in [0.05, 0.1) is 25.2 Å². The van der Waals surface area contributed by atoms with Crippen LogP contribution in [0.5, 0.6) is 5.75 Å².